The summed E-state index contributed by atoms with van der Waals surface area (Å²) in [5.74, 6) is 1.06. The van der Waals surface area contributed by atoms with E-state index >= 15 is 0 Å². The average molecular weight is 415 g/mol. The molecule has 0 amide bonds. The summed E-state index contributed by atoms with van der Waals surface area (Å²) in [7, 11) is 1.64. The van der Waals surface area contributed by atoms with Crippen molar-refractivity contribution in [3.8, 4) is 11.5 Å². The highest BCUT2D eigenvalue weighted by molar-refractivity contribution is 9.11. The number of benzene rings is 2. The van der Waals surface area contributed by atoms with Gasteiger partial charge in [0.15, 0.2) is 0 Å². The van der Waals surface area contributed by atoms with E-state index in [-0.39, 0.29) is 6.04 Å². The first-order chi connectivity index (χ1) is 10.1. The molecule has 5 heteroatoms. The van der Waals surface area contributed by atoms with Gasteiger partial charge in [0.05, 0.1) is 23.3 Å². The first kappa shape index (κ1) is 16.2. The molecule has 2 aromatic rings. The van der Waals surface area contributed by atoms with Crippen molar-refractivity contribution in [2.24, 2.45) is 0 Å². The number of ether oxygens (including phenoxy) is 1. The lowest BCUT2D eigenvalue weighted by Gasteiger charge is -2.21. The lowest BCUT2D eigenvalue weighted by atomic mass is 10.0. The SMILES string of the molecule is CCC(Nc1cc(OC)c(Br)cc1Br)c1ccccc1O. The molecule has 1 atom stereocenters. The van der Waals surface area contributed by atoms with E-state index in [9.17, 15) is 5.11 Å². The number of rotatable bonds is 5. The van der Waals surface area contributed by atoms with Crippen molar-refractivity contribution in [2.75, 3.05) is 12.4 Å². The van der Waals surface area contributed by atoms with Crippen LogP contribution in [-0.4, -0.2) is 12.2 Å². The van der Waals surface area contributed by atoms with Crippen LogP contribution >= 0.6 is 31.9 Å². The second-order valence-electron chi connectivity index (χ2n) is 4.63. The van der Waals surface area contributed by atoms with E-state index in [4.69, 9.17) is 4.74 Å². The monoisotopic (exact) mass is 413 g/mol. The van der Waals surface area contributed by atoms with E-state index in [1.165, 1.54) is 0 Å². The number of para-hydroxylation sites is 1. The fourth-order valence-corrected chi connectivity index (χ4v) is 3.44. The Hall–Kier alpha value is -1.20. The maximum Gasteiger partial charge on any atom is 0.135 e. The van der Waals surface area contributed by atoms with Gasteiger partial charge < -0.3 is 15.2 Å². The zero-order valence-corrected chi connectivity index (χ0v) is 15.0. The third-order valence-corrected chi connectivity index (χ3v) is 4.57. The number of anilines is 1. The molecule has 112 valence electrons. The van der Waals surface area contributed by atoms with Gasteiger partial charge in [0, 0.05) is 16.1 Å². The first-order valence-electron chi connectivity index (χ1n) is 6.64. The van der Waals surface area contributed by atoms with Crippen molar-refractivity contribution in [3.05, 3.63) is 50.9 Å². The van der Waals surface area contributed by atoms with Gasteiger partial charge in [-0.15, -0.1) is 0 Å². The second kappa shape index (κ2) is 7.18. The summed E-state index contributed by atoms with van der Waals surface area (Å²) in [6, 6.07) is 11.3. The number of aromatic hydroxyl groups is 1. The number of hydrogen-bond acceptors (Lipinski definition) is 3. The van der Waals surface area contributed by atoms with Crippen LogP contribution in [0.1, 0.15) is 24.9 Å². The number of methoxy groups -OCH3 is 1. The summed E-state index contributed by atoms with van der Waals surface area (Å²) in [4.78, 5) is 0. The Balaban J connectivity index is 2.33. The highest BCUT2D eigenvalue weighted by Crippen LogP contribution is 2.37. The highest BCUT2D eigenvalue weighted by Gasteiger charge is 2.15. The van der Waals surface area contributed by atoms with Crippen molar-refractivity contribution < 1.29 is 9.84 Å². The summed E-state index contributed by atoms with van der Waals surface area (Å²) in [5, 5.41) is 13.5. The Morgan fingerprint density at radius 2 is 1.90 bits per heavy atom. The van der Waals surface area contributed by atoms with Crippen molar-refractivity contribution in [2.45, 2.75) is 19.4 Å². The normalized spacial score (nSPS) is 12.0. The topological polar surface area (TPSA) is 41.5 Å². The Kier molecular flexibility index (Phi) is 5.53. The van der Waals surface area contributed by atoms with Crippen LogP contribution in [0.15, 0.2) is 45.3 Å². The van der Waals surface area contributed by atoms with E-state index in [0.29, 0.717) is 5.75 Å². The molecule has 0 saturated heterocycles. The largest absolute Gasteiger partial charge is 0.508 e. The number of halogens is 2. The predicted octanol–water partition coefficient (Wildman–Crippen LogP) is 5.49. The second-order valence-corrected chi connectivity index (χ2v) is 6.34. The van der Waals surface area contributed by atoms with E-state index in [1.807, 2.05) is 30.3 Å². The maximum absolute atomic E-state index is 10.0. The van der Waals surface area contributed by atoms with Crippen LogP contribution < -0.4 is 10.1 Å². The molecule has 0 spiro atoms. The van der Waals surface area contributed by atoms with E-state index in [2.05, 4.69) is 44.1 Å². The van der Waals surface area contributed by atoms with Gasteiger partial charge in [-0.25, -0.2) is 0 Å². The van der Waals surface area contributed by atoms with Crippen LogP contribution in [-0.2, 0) is 0 Å². The number of hydrogen-bond donors (Lipinski definition) is 2. The molecule has 1 unspecified atom stereocenters. The molecule has 2 rings (SSSR count). The van der Waals surface area contributed by atoms with Gasteiger partial charge in [-0.3, -0.25) is 0 Å². The molecule has 0 radical (unpaired) electrons. The van der Waals surface area contributed by atoms with Crippen molar-refractivity contribution >= 4 is 37.5 Å². The van der Waals surface area contributed by atoms with Gasteiger partial charge in [0.25, 0.3) is 0 Å². The quantitative estimate of drug-likeness (QED) is 0.679. The van der Waals surface area contributed by atoms with E-state index in [1.54, 1.807) is 13.2 Å². The van der Waals surface area contributed by atoms with Crippen LogP contribution in [0.3, 0.4) is 0 Å². The zero-order chi connectivity index (χ0) is 15.4. The minimum atomic E-state index is 0.0216. The fraction of sp³-hybridized carbons (Fsp3) is 0.250. The van der Waals surface area contributed by atoms with Gasteiger partial charge >= 0.3 is 0 Å². The lowest BCUT2D eigenvalue weighted by Crippen LogP contribution is -2.10. The Morgan fingerprint density at radius 1 is 1.19 bits per heavy atom. The van der Waals surface area contributed by atoms with Crippen LogP contribution in [0, 0.1) is 0 Å². The third kappa shape index (κ3) is 3.71. The highest BCUT2D eigenvalue weighted by atomic mass is 79.9. The maximum atomic E-state index is 10.0. The van der Waals surface area contributed by atoms with Crippen molar-refractivity contribution in [1.29, 1.82) is 0 Å². The Morgan fingerprint density at radius 3 is 2.52 bits per heavy atom. The first-order valence-corrected chi connectivity index (χ1v) is 8.22. The van der Waals surface area contributed by atoms with Crippen LogP contribution in [0.2, 0.25) is 0 Å². The Bertz CT molecular complexity index is 632. The molecule has 0 saturated carbocycles. The molecule has 0 heterocycles. The molecule has 0 fully saturated rings. The summed E-state index contributed by atoms with van der Waals surface area (Å²) < 4.78 is 7.15. The molecule has 0 aliphatic carbocycles. The van der Waals surface area contributed by atoms with Crippen LogP contribution in [0.5, 0.6) is 11.5 Å². The average Bonchev–Trinajstić information content (AvgIpc) is 2.47. The molecule has 0 bridgehead atoms. The summed E-state index contributed by atoms with van der Waals surface area (Å²) in [5.41, 5.74) is 1.80. The van der Waals surface area contributed by atoms with Gasteiger partial charge in [-0.05, 0) is 50.4 Å². The Labute approximate surface area is 141 Å². The summed E-state index contributed by atoms with van der Waals surface area (Å²) >= 11 is 7.01. The van der Waals surface area contributed by atoms with Gasteiger partial charge in [0.2, 0.25) is 0 Å². The van der Waals surface area contributed by atoms with Gasteiger partial charge in [-0.2, -0.15) is 0 Å². The predicted molar refractivity (Wildman–Crippen MR) is 93.2 cm³/mol. The van der Waals surface area contributed by atoms with E-state index in [0.717, 1.165) is 32.4 Å². The molecular formula is C16H17Br2NO2. The molecular weight excluding hydrogens is 398 g/mol. The number of phenols is 1. The van der Waals surface area contributed by atoms with Gasteiger partial charge in [-0.1, -0.05) is 25.1 Å². The third-order valence-electron chi connectivity index (χ3n) is 3.29. The lowest BCUT2D eigenvalue weighted by molar-refractivity contribution is 0.412. The summed E-state index contributed by atoms with van der Waals surface area (Å²) in [6.07, 6.45) is 0.850. The minimum absolute atomic E-state index is 0.0216. The molecule has 2 aromatic carbocycles. The molecule has 3 nitrogen and oxygen atoms in total. The molecule has 2 N–H and O–H groups in total. The standard InChI is InChI=1S/C16H17Br2NO2/c1-3-13(10-6-4-5-7-15(10)20)19-14-9-16(21-2)12(18)8-11(14)17/h4-9,13,19-20H,3H2,1-2H3. The summed E-state index contributed by atoms with van der Waals surface area (Å²) in [6.45, 7) is 2.08. The molecule has 21 heavy (non-hydrogen) atoms. The number of phenolic OH excluding ortho intramolecular Hbond substituents is 1. The number of nitrogens with one attached hydrogen (secondary N) is 1. The van der Waals surface area contributed by atoms with Crippen LogP contribution in [0.25, 0.3) is 0 Å². The fourth-order valence-electron chi connectivity index (χ4n) is 2.17. The van der Waals surface area contributed by atoms with Crippen molar-refractivity contribution in [3.63, 3.8) is 0 Å². The molecule has 0 aliphatic heterocycles. The molecule has 0 aromatic heterocycles. The van der Waals surface area contributed by atoms with Crippen molar-refractivity contribution in [1.82, 2.24) is 0 Å². The van der Waals surface area contributed by atoms with Gasteiger partial charge in [0.1, 0.15) is 11.5 Å². The molecule has 0 aliphatic rings. The van der Waals surface area contributed by atoms with Crippen LogP contribution in [0.4, 0.5) is 5.69 Å². The zero-order valence-electron chi connectivity index (χ0n) is 11.9. The van der Waals surface area contributed by atoms with E-state index < -0.39 is 0 Å². The minimum Gasteiger partial charge on any atom is -0.508 e. The smallest absolute Gasteiger partial charge is 0.135 e.